The van der Waals surface area contributed by atoms with E-state index in [4.69, 9.17) is 10.5 Å². The summed E-state index contributed by atoms with van der Waals surface area (Å²) in [6.07, 6.45) is -5.96. The number of nitro groups is 1. The number of nitrogens with two attached hydrogens (primary N) is 1. The second-order valence-electron chi connectivity index (χ2n) is 5.65. The first kappa shape index (κ1) is 20.7. The molecule has 11 heteroatoms. The van der Waals surface area contributed by atoms with Crippen LogP contribution < -0.4 is 11.1 Å². The Hall–Kier alpha value is -3.63. The van der Waals surface area contributed by atoms with E-state index in [1.54, 1.807) is 0 Å². The monoisotopic (exact) mass is 397 g/mol. The minimum absolute atomic E-state index is 0.133. The van der Waals surface area contributed by atoms with Crippen molar-refractivity contribution in [2.45, 2.75) is 19.2 Å². The lowest BCUT2D eigenvalue weighted by Gasteiger charge is -2.14. The molecule has 148 valence electrons. The molecule has 0 unspecified atom stereocenters. The highest BCUT2D eigenvalue weighted by Gasteiger charge is 2.30. The lowest BCUT2D eigenvalue weighted by Crippen LogP contribution is -2.30. The molecule has 3 N–H and O–H groups in total. The first-order chi connectivity index (χ1) is 13.0. The molecule has 0 spiro atoms. The Morgan fingerprint density at radius 2 is 1.89 bits per heavy atom. The van der Waals surface area contributed by atoms with E-state index in [9.17, 15) is 32.9 Å². The fourth-order valence-corrected chi connectivity index (χ4v) is 2.13. The fourth-order valence-electron chi connectivity index (χ4n) is 2.13. The Balaban J connectivity index is 2.07. The Labute approximate surface area is 156 Å². The summed E-state index contributed by atoms with van der Waals surface area (Å²) in [6, 6.07) is 7.15. The highest BCUT2D eigenvalue weighted by molar-refractivity contribution is 5.97. The average molecular weight is 397 g/mol. The van der Waals surface area contributed by atoms with Crippen molar-refractivity contribution in [3.63, 3.8) is 0 Å². The standard InChI is InChI=1S/C17H14F3N3O5/c1-9(15(24)22-12-4-2-3-11(8-12)17(18,19)20)28-16(25)10-5-6-13(21)14(7-10)23(26)27/h2-9H,21H2,1H3,(H,22,24)/t9-/m1/s1. The summed E-state index contributed by atoms with van der Waals surface area (Å²) in [5, 5.41) is 13.1. The molecule has 0 aliphatic carbocycles. The zero-order valence-electron chi connectivity index (χ0n) is 14.3. The quantitative estimate of drug-likeness (QED) is 0.345. The van der Waals surface area contributed by atoms with Crippen LogP contribution in [0.15, 0.2) is 42.5 Å². The molecule has 0 radical (unpaired) electrons. The molecule has 8 nitrogen and oxygen atoms in total. The van der Waals surface area contributed by atoms with Gasteiger partial charge in [0, 0.05) is 11.8 Å². The fraction of sp³-hybridized carbons (Fsp3) is 0.176. The number of nitro benzene ring substituents is 1. The molecular formula is C17H14F3N3O5. The highest BCUT2D eigenvalue weighted by Crippen LogP contribution is 2.30. The molecule has 2 rings (SSSR count). The maximum absolute atomic E-state index is 12.7. The molecule has 2 aromatic rings. The molecule has 0 aromatic heterocycles. The number of carbonyl (C=O) groups is 2. The number of rotatable bonds is 5. The number of hydrogen-bond acceptors (Lipinski definition) is 6. The molecule has 1 atom stereocenters. The van der Waals surface area contributed by atoms with Crippen molar-refractivity contribution in [2.24, 2.45) is 0 Å². The van der Waals surface area contributed by atoms with Gasteiger partial charge in [-0.15, -0.1) is 0 Å². The van der Waals surface area contributed by atoms with E-state index in [2.05, 4.69) is 5.32 Å². The van der Waals surface area contributed by atoms with Gasteiger partial charge in [0.25, 0.3) is 11.6 Å². The van der Waals surface area contributed by atoms with Crippen molar-refractivity contribution in [2.75, 3.05) is 11.1 Å². The molecular weight excluding hydrogens is 383 g/mol. The van der Waals surface area contributed by atoms with Gasteiger partial charge < -0.3 is 15.8 Å². The number of hydrogen-bond donors (Lipinski definition) is 2. The topological polar surface area (TPSA) is 125 Å². The predicted octanol–water partition coefficient (Wildman–Crippen LogP) is 3.38. The van der Waals surface area contributed by atoms with E-state index < -0.39 is 40.3 Å². The second kappa shape index (κ2) is 7.94. The largest absolute Gasteiger partial charge is 0.449 e. The van der Waals surface area contributed by atoms with E-state index in [0.717, 1.165) is 30.3 Å². The first-order valence-corrected chi connectivity index (χ1v) is 7.72. The molecule has 0 aliphatic heterocycles. The van der Waals surface area contributed by atoms with Crippen molar-refractivity contribution in [3.8, 4) is 0 Å². The van der Waals surface area contributed by atoms with Crippen LogP contribution in [0.3, 0.4) is 0 Å². The summed E-state index contributed by atoms with van der Waals surface area (Å²) in [4.78, 5) is 34.2. The van der Waals surface area contributed by atoms with Gasteiger partial charge in [0.1, 0.15) is 5.69 Å². The minimum Gasteiger partial charge on any atom is -0.449 e. The molecule has 0 fully saturated rings. The third-order valence-corrected chi connectivity index (χ3v) is 3.57. The molecule has 0 heterocycles. The maximum atomic E-state index is 12.7. The lowest BCUT2D eigenvalue weighted by atomic mass is 10.1. The van der Waals surface area contributed by atoms with Crippen molar-refractivity contribution >= 4 is 28.9 Å². The number of benzene rings is 2. The van der Waals surface area contributed by atoms with Crippen molar-refractivity contribution in [1.82, 2.24) is 0 Å². The van der Waals surface area contributed by atoms with Gasteiger partial charge in [-0.3, -0.25) is 14.9 Å². The number of nitrogen functional groups attached to an aromatic ring is 1. The van der Waals surface area contributed by atoms with Crippen LogP contribution in [0.4, 0.5) is 30.2 Å². The number of nitrogens with one attached hydrogen (secondary N) is 1. The number of halogens is 3. The number of anilines is 2. The molecule has 28 heavy (non-hydrogen) atoms. The van der Waals surface area contributed by atoms with Crippen molar-refractivity contribution < 1.29 is 32.4 Å². The van der Waals surface area contributed by atoms with E-state index in [0.29, 0.717) is 0 Å². The minimum atomic E-state index is -4.58. The van der Waals surface area contributed by atoms with Crippen molar-refractivity contribution in [3.05, 3.63) is 63.7 Å². The number of ether oxygens (including phenoxy) is 1. The first-order valence-electron chi connectivity index (χ1n) is 7.72. The van der Waals surface area contributed by atoms with Crippen molar-refractivity contribution in [1.29, 1.82) is 0 Å². The van der Waals surface area contributed by atoms with Gasteiger partial charge in [-0.2, -0.15) is 13.2 Å². The summed E-state index contributed by atoms with van der Waals surface area (Å²) in [5.74, 6) is -1.91. The average Bonchev–Trinajstić information content (AvgIpc) is 2.61. The zero-order valence-corrected chi connectivity index (χ0v) is 14.3. The third kappa shape index (κ3) is 4.96. The van der Waals surface area contributed by atoms with Gasteiger partial charge in [0.15, 0.2) is 6.10 Å². The van der Waals surface area contributed by atoms with Crippen LogP contribution in [0.2, 0.25) is 0 Å². The highest BCUT2D eigenvalue weighted by atomic mass is 19.4. The van der Waals surface area contributed by atoms with E-state index in [1.807, 2.05) is 0 Å². The second-order valence-corrected chi connectivity index (χ2v) is 5.65. The van der Waals surface area contributed by atoms with Crippen LogP contribution in [0.5, 0.6) is 0 Å². The normalized spacial score (nSPS) is 12.1. The van der Waals surface area contributed by atoms with E-state index in [1.165, 1.54) is 19.1 Å². The number of carbonyl (C=O) groups excluding carboxylic acids is 2. The smallest absolute Gasteiger partial charge is 0.416 e. The lowest BCUT2D eigenvalue weighted by molar-refractivity contribution is -0.383. The Morgan fingerprint density at radius 3 is 2.50 bits per heavy atom. The zero-order chi connectivity index (χ0) is 21.1. The van der Waals surface area contributed by atoms with Crippen LogP contribution in [-0.2, 0) is 15.7 Å². The Morgan fingerprint density at radius 1 is 1.21 bits per heavy atom. The summed E-state index contributed by atoms with van der Waals surface area (Å²) >= 11 is 0. The Kier molecular flexibility index (Phi) is 5.87. The molecule has 0 saturated heterocycles. The molecule has 2 aromatic carbocycles. The summed E-state index contributed by atoms with van der Waals surface area (Å²) in [5.41, 5.74) is 3.47. The number of alkyl halides is 3. The molecule has 1 amide bonds. The Bertz CT molecular complexity index is 930. The molecule has 0 saturated carbocycles. The van der Waals surface area contributed by atoms with Crippen LogP contribution in [0.1, 0.15) is 22.8 Å². The van der Waals surface area contributed by atoms with Crippen LogP contribution >= 0.6 is 0 Å². The number of amides is 1. The van der Waals surface area contributed by atoms with Crippen LogP contribution in [0.25, 0.3) is 0 Å². The number of nitrogens with zero attached hydrogens (tertiary/aromatic N) is 1. The SMILES string of the molecule is C[C@@H](OC(=O)c1ccc(N)c([N+](=O)[O-])c1)C(=O)Nc1cccc(C(F)(F)F)c1. The van der Waals surface area contributed by atoms with Gasteiger partial charge in [-0.05, 0) is 37.3 Å². The summed E-state index contributed by atoms with van der Waals surface area (Å²) < 4.78 is 43.0. The van der Waals surface area contributed by atoms with Gasteiger partial charge in [0.2, 0.25) is 0 Å². The van der Waals surface area contributed by atoms with Gasteiger partial charge in [0.05, 0.1) is 16.1 Å². The van der Waals surface area contributed by atoms with E-state index >= 15 is 0 Å². The van der Waals surface area contributed by atoms with Gasteiger partial charge in [-0.25, -0.2) is 4.79 Å². The summed E-state index contributed by atoms with van der Waals surface area (Å²) in [7, 11) is 0. The molecule has 0 bridgehead atoms. The van der Waals surface area contributed by atoms with Crippen LogP contribution in [0, 0.1) is 10.1 Å². The third-order valence-electron chi connectivity index (χ3n) is 3.57. The predicted molar refractivity (Wildman–Crippen MR) is 92.5 cm³/mol. The molecule has 0 aliphatic rings. The summed E-state index contributed by atoms with van der Waals surface area (Å²) in [6.45, 7) is 1.20. The number of esters is 1. The van der Waals surface area contributed by atoms with Crippen LogP contribution in [-0.4, -0.2) is 22.9 Å². The van der Waals surface area contributed by atoms with Gasteiger partial charge >= 0.3 is 12.1 Å². The van der Waals surface area contributed by atoms with E-state index in [-0.39, 0.29) is 16.9 Å². The van der Waals surface area contributed by atoms with Gasteiger partial charge in [-0.1, -0.05) is 6.07 Å². The maximum Gasteiger partial charge on any atom is 0.416 e.